The Morgan fingerprint density at radius 1 is 1.00 bits per heavy atom. The minimum Gasteiger partial charge on any atom is -0.399 e. The van der Waals surface area contributed by atoms with Crippen LogP contribution in [0.4, 0.5) is 20.2 Å². The van der Waals surface area contributed by atoms with Crippen LogP contribution in [0.5, 0.6) is 0 Å². The minimum absolute atomic E-state index is 0.240. The highest BCUT2D eigenvalue weighted by molar-refractivity contribution is 7.92. The molecular weight excluding hydrogens is 274 g/mol. The molecule has 0 aliphatic rings. The lowest BCUT2D eigenvalue weighted by Gasteiger charge is -2.08. The third-order valence-electron chi connectivity index (χ3n) is 2.34. The zero-order valence-electron chi connectivity index (χ0n) is 9.60. The fourth-order valence-electron chi connectivity index (χ4n) is 1.46. The van der Waals surface area contributed by atoms with Crippen molar-refractivity contribution in [3.63, 3.8) is 0 Å². The van der Waals surface area contributed by atoms with E-state index in [0.717, 1.165) is 12.1 Å². The smallest absolute Gasteiger partial charge is 0.262 e. The Morgan fingerprint density at radius 2 is 1.74 bits per heavy atom. The van der Waals surface area contributed by atoms with Crippen LogP contribution in [0.25, 0.3) is 0 Å². The van der Waals surface area contributed by atoms with Crippen LogP contribution in [0.1, 0.15) is 0 Å². The van der Waals surface area contributed by atoms with Crippen molar-refractivity contribution in [1.82, 2.24) is 0 Å². The minimum atomic E-state index is -3.98. The van der Waals surface area contributed by atoms with Gasteiger partial charge in [-0.15, -0.1) is 0 Å². The van der Waals surface area contributed by atoms with Crippen molar-refractivity contribution in [2.24, 2.45) is 0 Å². The first kappa shape index (κ1) is 13.3. The van der Waals surface area contributed by atoms with Crippen molar-refractivity contribution in [2.75, 3.05) is 10.5 Å². The number of sulfonamides is 1. The number of rotatable bonds is 3. The van der Waals surface area contributed by atoms with E-state index in [1.54, 1.807) is 12.1 Å². The van der Waals surface area contributed by atoms with E-state index >= 15 is 0 Å². The molecule has 0 atom stereocenters. The van der Waals surface area contributed by atoms with Gasteiger partial charge in [-0.2, -0.15) is 0 Å². The molecule has 3 N–H and O–H groups in total. The Bertz CT molecular complexity index is 717. The second kappa shape index (κ2) is 4.85. The number of nitrogens with one attached hydrogen (secondary N) is 1. The van der Waals surface area contributed by atoms with Gasteiger partial charge in [-0.05, 0) is 36.4 Å². The largest absolute Gasteiger partial charge is 0.399 e. The molecular formula is C12H10F2N2O2S. The van der Waals surface area contributed by atoms with Crippen LogP contribution in [0, 0.1) is 11.6 Å². The molecule has 2 rings (SSSR count). The molecule has 0 bridgehead atoms. The van der Waals surface area contributed by atoms with Gasteiger partial charge in [0.15, 0.2) is 11.6 Å². The summed E-state index contributed by atoms with van der Waals surface area (Å²) < 4.78 is 51.9. The summed E-state index contributed by atoms with van der Waals surface area (Å²) in [6.45, 7) is 0. The predicted molar refractivity (Wildman–Crippen MR) is 68.0 cm³/mol. The SMILES string of the molecule is Nc1cccc(NS(=O)(=O)c2ccc(F)c(F)c2)c1. The molecule has 0 aromatic heterocycles. The van der Waals surface area contributed by atoms with Gasteiger partial charge in [-0.25, -0.2) is 17.2 Å². The molecule has 2 aromatic rings. The highest BCUT2D eigenvalue weighted by Gasteiger charge is 2.16. The number of hydrogen-bond acceptors (Lipinski definition) is 3. The summed E-state index contributed by atoms with van der Waals surface area (Å²) in [5.41, 5.74) is 6.14. The third-order valence-corrected chi connectivity index (χ3v) is 3.72. The Labute approximate surface area is 108 Å². The van der Waals surface area contributed by atoms with Crippen LogP contribution in [0.2, 0.25) is 0 Å². The number of nitrogens with two attached hydrogens (primary N) is 1. The first-order valence-electron chi connectivity index (χ1n) is 5.22. The van der Waals surface area contributed by atoms with E-state index in [1.165, 1.54) is 12.1 Å². The first-order valence-corrected chi connectivity index (χ1v) is 6.70. The van der Waals surface area contributed by atoms with E-state index < -0.39 is 21.7 Å². The molecule has 0 amide bonds. The molecule has 19 heavy (non-hydrogen) atoms. The number of benzene rings is 2. The van der Waals surface area contributed by atoms with E-state index in [4.69, 9.17) is 5.73 Å². The maximum absolute atomic E-state index is 13.0. The number of halogens is 2. The van der Waals surface area contributed by atoms with Gasteiger partial charge in [0.1, 0.15) is 0 Å². The quantitative estimate of drug-likeness (QED) is 0.850. The molecule has 7 heteroatoms. The van der Waals surface area contributed by atoms with Gasteiger partial charge in [0.25, 0.3) is 10.0 Å². The topological polar surface area (TPSA) is 72.2 Å². The predicted octanol–water partition coefficient (Wildman–Crippen LogP) is 2.35. The van der Waals surface area contributed by atoms with Gasteiger partial charge in [-0.3, -0.25) is 4.72 Å². The van der Waals surface area contributed by atoms with Crippen molar-refractivity contribution >= 4 is 21.4 Å². The summed E-state index contributed by atoms with van der Waals surface area (Å²) in [7, 11) is -3.98. The lowest BCUT2D eigenvalue weighted by molar-refractivity contribution is 0.504. The summed E-state index contributed by atoms with van der Waals surface area (Å²) in [5.74, 6) is -2.33. The fraction of sp³-hybridized carbons (Fsp3) is 0. The second-order valence-corrected chi connectivity index (χ2v) is 5.49. The monoisotopic (exact) mass is 284 g/mol. The van der Waals surface area contributed by atoms with Gasteiger partial charge < -0.3 is 5.73 Å². The van der Waals surface area contributed by atoms with E-state index in [0.29, 0.717) is 11.8 Å². The average Bonchev–Trinajstić information content (AvgIpc) is 2.32. The molecule has 2 aromatic carbocycles. The van der Waals surface area contributed by atoms with Gasteiger partial charge in [0.05, 0.1) is 10.6 Å². The second-order valence-electron chi connectivity index (χ2n) is 3.81. The Balaban J connectivity index is 2.35. The fourth-order valence-corrected chi connectivity index (χ4v) is 2.52. The Hall–Kier alpha value is -2.15. The lowest BCUT2D eigenvalue weighted by atomic mass is 10.3. The van der Waals surface area contributed by atoms with Crippen molar-refractivity contribution < 1.29 is 17.2 Å². The zero-order chi connectivity index (χ0) is 14.0. The summed E-state index contributed by atoms with van der Waals surface area (Å²) in [6.07, 6.45) is 0. The van der Waals surface area contributed by atoms with E-state index in [9.17, 15) is 17.2 Å². The number of anilines is 2. The normalized spacial score (nSPS) is 11.3. The van der Waals surface area contributed by atoms with Crippen molar-refractivity contribution in [3.05, 3.63) is 54.1 Å². The molecule has 0 unspecified atom stereocenters. The van der Waals surface area contributed by atoms with Gasteiger partial charge in [0, 0.05) is 5.69 Å². The average molecular weight is 284 g/mol. The highest BCUT2D eigenvalue weighted by atomic mass is 32.2. The zero-order valence-corrected chi connectivity index (χ0v) is 10.4. The molecule has 0 aliphatic carbocycles. The highest BCUT2D eigenvalue weighted by Crippen LogP contribution is 2.19. The van der Waals surface area contributed by atoms with Crippen LogP contribution in [-0.4, -0.2) is 8.42 Å². The molecule has 0 spiro atoms. The van der Waals surface area contributed by atoms with Crippen molar-refractivity contribution in [1.29, 1.82) is 0 Å². The molecule has 100 valence electrons. The van der Waals surface area contributed by atoms with Gasteiger partial charge >= 0.3 is 0 Å². The first-order chi connectivity index (χ1) is 8.88. The van der Waals surface area contributed by atoms with E-state index in [1.807, 2.05) is 0 Å². The Kier molecular flexibility index (Phi) is 3.39. The van der Waals surface area contributed by atoms with Crippen LogP contribution >= 0.6 is 0 Å². The maximum atomic E-state index is 13.0. The summed E-state index contributed by atoms with van der Waals surface area (Å²) in [6, 6.07) is 8.42. The van der Waals surface area contributed by atoms with Gasteiger partial charge in [-0.1, -0.05) is 6.07 Å². The molecule has 0 heterocycles. The van der Waals surface area contributed by atoms with Gasteiger partial charge in [0.2, 0.25) is 0 Å². The standard InChI is InChI=1S/C12H10F2N2O2S/c13-11-5-4-10(7-12(11)14)19(17,18)16-9-3-1-2-8(15)6-9/h1-7,16H,15H2. The molecule has 0 saturated heterocycles. The third kappa shape index (κ3) is 3.00. The van der Waals surface area contributed by atoms with Crippen LogP contribution in [-0.2, 0) is 10.0 Å². The van der Waals surface area contributed by atoms with Crippen LogP contribution in [0.15, 0.2) is 47.4 Å². The van der Waals surface area contributed by atoms with E-state index in [2.05, 4.69) is 4.72 Å². The van der Waals surface area contributed by atoms with Crippen LogP contribution < -0.4 is 10.5 Å². The molecule has 0 saturated carbocycles. The number of hydrogen-bond donors (Lipinski definition) is 2. The summed E-state index contributed by atoms with van der Waals surface area (Å²) in [5, 5.41) is 0. The molecule has 0 fully saturated rings. The van der Waals surface area contributed by atoms with Crippen LogP contribution in [0.3, 0.4) is 0 Å². The molecule has 0 radical (unpaired) electrons. The lowest BCUT2D eigenvalue weighted by Crippen LogP contribution is -2.13. The Morgan fingerprint density at radius 3 is 2.37 bits per heavy atom. The number of nitrogen functional groups attached to an aromatic ring is 1. The van der Waals surface area contributed by atoms with Crippen molar-refractivity contribution in [2.45, 2.75) is 4.90 Å². The van der Waals surface area contributed by atoms with E-state index in [-0.39, 0.29) is 10.6 Å². The summed E-state index contributed by atoms with van der Waals surface area (Å²) in [4.78, 5) is -0.367. The maximum Gasteiger partial charge on any atom is 0.262 e. The summed E-state index contributed by atoms with van der Waals surface area (Å²) >= 11 is 0. The van der Waals surface area contributed by atoms with Crippen molar-refractivity contribution in [3.8, 4) is 0 Å². The molecule has 0 aliphatic heterocycles. The molecule has 4 nitrogen and oxygen atoms in total.